The van der Waals surface area contributed by atoms with Crippen LogP contribution in [0.2, 0.25) is 5.02 Å². The van der Waals surface area contributed by atoms with Crippen LogP contribution in [0, 0.1) is 13.8 Å². The molecule has 0 saturated carbocycles. The van der Waals surface area contributed by atoms with Crippen LogP contribution in [-0.4, -0.2) is 6.04 Å². The summed E-state index contributed by atoms with van der Waals surface area (Å²) in [4.78, 5) is 0. The van der Waals surface area contributed by atoms with Crippen LogP contribution in [-0.2, 0) is 0 Å². The highest BCUT2D eigenvalue weighted by Gasteiger charge is 2.18. The van der Waals surface area contributed by atoms with E-state index < -0.39 is 0 Å². The fourth-order valence-electron chi connectivity index (χ4n) is 2.07. The Hall–Kier alpha value is -1.51. The summed E-state index contributed by atoms with van der Waals surface area (Å²) in [6.07, 6.45) is -0.186. The third-order valence-electron chi connectivity index (χ3n) is 3.42. The Labute approximate surface area is 125 Å². The monoisotopic (exact) mass is 289 g/mol. The SMILES string of the molecule is Cc1ccc(OC(c2ccc(Cl)cc2)C(C)N)cc1C. The number of halogens is 1. The first-order chi connectivity index (χ1) is 9.47. The van der Waals surface area contributed by atoms with Crippen LogP contribution in [0.25, 0.3) is 0 Å². The van der Waals surface area contributed by atoms with Gasteiger partial charge >= 0.3 is 0 Å². The summed E-state index contributed by atoms with van der Waals surface area (Å²) < 4.78 is 6.07. The Morgan fingerprint density at radius 3 is 2.20 bits per heavy atom. The molecule has 106 valence electrons. The predicted molar refractivity (Wildman–Crippen MR) is 84.4 cm³/mol. The molecule has 0 aliphatic rings. The van der Waals surface area contributed by atoms with Gasteiger partial charge in [-0.15, -0.1) is 0 Å². The molecule has 2 atom stereocenters. The van der Waals surface area contributed by atoms with Gasteiger partial charge in [0.25, 0.3) is 0 Å². The van der Waals surface area contributed by atoms with Crippen LogP contribution in [0.4, 0.5) is 0 Å². The van der Waals surface area contributed by atoms with E-state index in [-0.39, 0.29) is 12.1 Å². The molecule has 0 bridgehead atoms. The second kappa shape index (κ2) is 6.29. The van der Waals surface area contributed by atoms with E-state index in [2.05, 4.69) is 19.9 Å². The standard InChI is InChI=1S/C17H20ClNO/c1-11-4-9-16(10-12(11)2)20-17(13(3)19)14-5-7-15(18)8-6-14/h4-10,13,17H,19H2,1-3H3. The molecular weight excluding hydrogens is 270 g/mol. The van der Waals surface area contributed by atoms with E-state index in [9.17, 15) is 0 Å². The van der Waals surface area contributed by atoms with Gasteiger partial charge in [0, 0.05) is 11.1 Å². The highest BCUT2D eigenvalue weighted by Crippen LogP contribution is 2.26. The molecule has 2 N–H and O–H groups in total. The molecule has 0 radical (unpaired) electrons. The first-order valence-electron chi connectivity index (χ1n) is 6.72. The maximum Gasteiger partial charge on any atom is 0.138 e. The predicted octanol–water partition coefficient (Wildman–Crippen LogP) is 4.42. The Morgan fingerprint density at radius 2 is 1.65 bits per heavy atom. The average Bonchev–Trinajstić information content (AvgIpc) is 2.41. The third kappa shape index (κ3) is 3.53. The molecule has 0 aromatic heterocycles. The molecule has 0 heterocycles. The Kier molecular flexibility index (Phi) is 4.69. The Balaban J connectivity index is 2.25. The van der Waals surface area contributed by atoms with Crippen molar-refractivity contribution >= 4 is 11.6 Å². The van der Waals surface area contributed by atoms with Crippen LogP contribution in [0.3, 0.4) is 0 Å². The fraction of sp³-hybridized carbons (Fsp3) is 0.294. The van der Waals surface area contributed by atoms with Crippen molar-refractivity contribution in [3.05, 3.63) is 64.2 Å². The maximum atomic E-state index is 6.07. The molecule has 0 fully saturated rings. The van der Waals surface area contributed by atoms with E-state index in [0.717, 1.165) is 11.3 Å². The number of hydrogen-bond donors (Lipinski definition) is 1. The average molecular weight is 290 g/mol. The zero-order valence-electron chi connectivity index (χ0n) is 12.1. The summed E-state index contributed by atoms with van der Waals surface area (Å²) in [6, 6.07) is 13.6. The van der Waals surface area contributed by atoms with Crippen LogP contribution >= 0.6 is 11.6 Å². The van der Waals surface area contributed by atoms with Crippen molar-refractivity contribution in [1.82, 2.24) is 0 Å². The van der Waals surface area contributed by atoms with Gasteiger partial charge in [0.05, 0.1) is 0 Å². The van der Waals surface area contributed by atoms with Crippen molar-refractivity contribution in [2.75, 3.05) is 0 Å². The highest BCUT2D eigenvalue weighted by molar-refractivity contribution is 6.30. The van der Waals surface area contributed by atoms with E-state index in [1.165, 1.54) is 11.1 Å². The second-order valence-corrected chi connectivity index (χ2v) is 5.63. The van der Waals surface area contributed by atoms with Gasteiger partial charge in [0.15, 0.2) is 0 Å². The summed E-state index contributed by atoms with van der Waals surface area (Å²) in [6.45, 7) is 6.10. The molecule has 0 aliphatic carbocycles. The van der Waals surface area contributed by atoms with Crippen molar-refractivity contribution in [2.24, 2.45) is 5.73 Å². The molecule has 20 heavy (non-hydrogen) atoms. The van der Waals surface area contributed by atoms with Crippen molar-refractivity contribution in [2.45, 2.75) is 32.9 Å². The topological polar surface area (TPSA) is 35.2 Å². The lowest BCUT2D eigenvalue weighted by molar-refractivity contribution is 0.180. The quantitative estimate of drug-likeness (QED) is 0.904. The number of aryl methyl sites for hydroxylation is 2. The number of rotatable bonds is 4. The number of hydrogen-bond acceptors (Lipinski definition) is 2. The van der Waals surface area contributed by atoms with Gasteiger partial charge in [-0.3, -0.25) is 0 Å². The minimum atomic E-state index is -0.186. The van der Waals surface area contributed by atoms with Gasteiger partial charge in [-0.2, -0.15) is 0 Å². The van der Waals surface area contributed by atoms with Crippen molar-refractivity contribution in [3.63, 3.8) is 0 Å². The van der Waals surface area contributed by atoms with Gasteiger partial charge < -0.3 is 10.5 Å². The molecule has 2 aromatic rings. The molecule has 0 saturated heterocycles. The molecule has 2 aromatic carbocycles. The number of nitrogens with two attached hydrogens (primary N) is 1. The van der Waals surface area contributed by atoms with Gasteiger partial charge in [-0.1, -0.05) is 29.8 Å². The summed E-state index contributed by atoms with van der Waals surface area (Å²) in [5.74, 6) is 0.838. The molecule has 3 heteroatoms. The second-order valence-electron chi connectivity index (χ2n) is 5.20. The van der Waals surface area contributed by atoms with E-state index in [1.807, 2.05) is 43.3 Å². The van der Waals surface area contributed by atoms with Gasteiger partial charge in [0.1, 0.15) is 11.9 Å². The number of benzene rings is 2. The fourth-order valence-corrected chi connectivity index (χ4v) is 2.19. The normalized spacial score (nSPS) is 13.8. The highest BCUT2D eigenvalue weighted by atomic mass is 35.5. The zero-order valence-corrected chi connectivity index (χ0v) is 12.8. The van der Waals surface area contributed by atoms with E-state index >= 15 is 0 Å². The summed E-state index contributed by atoms with van der Waals surface area (Å²) in [7, 11) is 0. The van der Waals surface area contributed by atoms with E-state index in [4.69, 9.17) is 22.1 Å². The molecular formula is C17H20ClNO. The molecule has 0 aliphatic heterocycles. The molecule has 0 spiro atoms. The minimum absolute atomic E-state index is 0.113. The van der Waals surface area contributed by atoms with E-state index in [1.54, 1.807) is 0 Å². The van der Waals surface area contributed by atoms with Crippen molar-refractivity contribution < 1.29 is 4.74 Å². The molecule has 2 rings (SSSR count). The molecule has 0 amide bonds. The van der Waals surface area contributed by atoms with Gasteiger partial charge in [0.2, 0.25) is 0 Å². The third-order valence-corrected chi connectivity index (χ3v) is 3.67. The summed E-state index contributed by atoms with van der Waals surface area (Å²) in [5.41, 5.74) is 9.56. The largest absolute Gasteiger partial charge is 0.484 e. The van der Waals surface area contributed by atoms with Crippen molar-refractivity contribution in [3.8, 4) is 5.75 Å². The van der Waals surface area contributed by atoms with Crippen LogP contribution in [0.15, 0.2) is 42.5 Å². The van der Waals surface area contributed by atoms with Crippen LogP contribution in [0.1, 0.15) is 29.7 Å². The molecule has 2 nitrogen and oxygen atoms in total. The first-order valence-corrected chi connectivity index (χ1v) is 7.10. The lowest BCUT2D eigenvalue weighted by Crippen LogP contribution is -2.29. The molecule has 2 unspecified atom stereocenters. The smallest absolute Gasteiger partial charge is 0.138 e. The summed E-state index contributed by atoms with van der Waals surface area (Å²) >= 11 is 5.92. The zero-order chi connectivity index (χ0) is 14.7. The lowest BCUT2D eigenvalue weighted by atomic mass is 10.0. The maximum absolute atomic E-state index is 6.07. The first kappa shape index (κ1) is 14.9. The van der Waals surface area contributed by atoms with Crippen molar-refractivity contribution in [1.29, 1.82) is 0 Å². The van der Waals surface area contributed by atoms with Gasteiger partial charge in [-0.25, -0.2) is 0 Å². The Morgan fingerprint density at radius 1 is 1.00 bits per heavy atom. The lowest BCUT2D eigenvalue weighted by Gasteiger charge is -2.23. The van der Waals surface area contributed by atoms with Crippen LogP contribution in [0.5, 0.6) is 5.75 Å². The van der Waals surface area contributed by atoms with Gasteiger partial charge in [-0.05, 0) is 61.7 Å². The number of ether oxygens (including phenoxy) is 1. The van der Waals surface area contributed by atoms with Crippen LogP contribution < -0.4 is 10.5 Å². The minimum Gasteiger partial charge on any atom is -0.484 e. The summed E-state index contributed by atoms with van der Waals surface area (Å²) in [5, 5.41) is 0.711. The Bertz CT molecular complexity index is 578. The van der Waals surface area contributed by atoms with E-state index in [0.29, 0.717) is 5.02 Å².